The minimum Gasteiger partial charge on any atom is -0.348 e. The van der Waals surface area contributed by atoms with Gasteiger partial charge in [0.25, 0.3) is 0 Å². The van der Waals surface area contributed by atoms with Gasteiger partial charge in [-0.1, -0.05) is 60.7 Å². The molecular weight excluding hydrogens is 264 g/mol. The molecule has 21 heavy (non-hydrogen) atoms. The Kier molecular flexibility index (Phi) is 6.41. The maximum atomic E-state index is 5.65. The van der Waals surface area contributed by atoms with Crippen molar-refractivity contribution in [3.05, 3.63) is 71.8 Å². The summed E-state index contributed by atoms with van der Waals surface area (Å²) in [6, 6.07) is 20.1. The summed E-state index contributed by atoms with van der Waals surface area (Å²) in [5.74, 6) is 0. The molecule has 2 atom stereocenters. The summed E-state index contributed by atoms with van der Waals surface area (Å²) in [4.78, 5) is 0. The first-order valence-electron chi connectivity index (χ1n) is 7.20. The van der Waals surface area contributed by atoms with Crippen LogP contribution in [0.2, 0.25) is 0 Å². The van der Waals surface area contributed by atoms with Crippen molar-refractivity contribution < 1.29 is 14.2 Å². The molecular formula is C18H22O3. The Balaban J connectivity index is 1.66. The Labute approximate surface area is 126 Å². The summed E-state index contributed by atoms with van der Waals surface area (Å²) in [7, 11) is 0. The molecule has 0 aromatic heterocycles. The SMILES string of the molecule is CC(OCc1ccccc1)OC(C)OCc1ccccc1. The average molecular weight is 286 g/mol. The zero-order chi connectivity index (χ0) is 14.9. The monoisotopic (exact) mass is 286 g/mol. The smallest absolute Gasteiger partial charge is 0.158 e. The standard InChI is InChI=1S/C18H22O3/c1-15(19-13-17-9-5-3-6-10-17)21-16(2)20-14-18-11-7-4-8-12-18/h3-12,15-16H,13-14H2,1-2H3. The minimum atomic E-state index is -0.309. The zero-order valence-corrected chi connectivity index (χ0v) is 12.6. The van der Waals surface area contributed by atoms with Gasteiger partial charge in [0.1, 0.15) is 0 Å². The zero-order valence-electron chi connectivity index (χ0n) is 12.6. The van der Waals surface area contributed by atoms with Crippen LogP contribution in [0.4, 0.5) is 0 Å². The molecule has 0 bridgehead atoms. The minimum absolute atomic E-state index is 0.309. The first-order valence-corrected chi connectivity index (χ1v) is 7.20. The number of rotatable bonds is 8. The Bertz CT molecular complexity index is 451. The second-order valence-electron chi connectivity index (χ2n) is 4.86. The van der Waals surface area contributed by atoms with Gasteiger partial charge < -0.3 is 14.2 Å². The van der Waals surface area contributed by atoms with Crippen LogP contribution in [0, 0.1) is 0 Å². The molecule has 3 nitrogen and oxygen atoms in total. The fourth-order valence-corrected chi connectivity index (χ4v) is 1.92. The number of ether oxygens (including phenoxy) is 3. The highest BCUT2D eigenvalue weighted by Crippen LogP contribution is 2.09. The summed E-state index contributed by atoms with van der Waals surface area (Å²) in [6.45, 7) is 4.83. The Morgan fingerprint density at radius 2 is 1.05 bits per heavy atom. The van der Waals surface area contributed by atoms with Crippen LogP contribution in [0.25, 0.3) is 0 Å². The lowest BCUT2D eigenvalue weighted by atomic mass is 10.2. The van der Waals surface area contributed by atoms with Crippen LogP contribution >= 0.6 is 0 Å². The lowest BCUT2D eigenvalue weighted by molar-refractivity contribution is -0.238. The van der Waals surface area contributed by atoms with E-state index in [0.29, 0.717) is 13.2 Å². The van der Waals surface area contributed by atoms with E-state index in [9.17, 15) is 0 Å². The molecule has 3 heteroatoms. The third-order valence-electron chi connectivity index (χ3n) is 3.04. The molecule has 2 unspecified atom stereocenters. The highest BCUT2D eigenvalue weighted by Gasteiger charge is 2.09. The molecule has 0 saturated heterocycles. The highest BCUT2D eigenvalue weighted by molar-refractivity contribution is 5.14. The fraction of sp³-hybridized carbons (Fsp3) is 0.333. The van der Waals surface area contributed by atoms with Crippen molar-refractivity contribution in [3.63, 3.8) is 0 Å². The van der Waals surface area contributed by atoms with Crippen LogP contribution in [0.3, 0.4) is 0 Å². The Morgan fingerprint density at radius 1 is 0.667 bits per heavy atom. The molecule has 0 fully saturated rings. The molecule has 0 aliphatic rings. The highest BCUT2D eigenvalue weighted by atomic mass is 16.8. The molecule has 0 radical (unpaired) electrons. The summed E-state index contributed by atoms with van der Waals surface area (Å²) in [6.07, 6.45) is -0.619. The summed E-state index contributed by atoms with van der Waals surface area (Å²) in [5.41, 5.74) is 2.26. The van der Waals surface area contributed by atoms with Gasteiger partial charge in [-0.15, -0.1) is 0 Å². The fourth-order valence-electron chi connectivity index (χ4n) is 1.92. The topological polar surface area (TPSA) is 27.7 Å². The van der Waals surface area contributed by atoms with E-state index in [1.54, 1.807) is 0 Å². The van der Waals surface area contributed by atoms with Crippen molar-refractivity contribution in [2.24, 2.45) is 0 Å². The van der Waals surface area contributed by atoms with Crippen molar-refractivity contribution >= 4 is 0 Å². The quantitative estimate of drug-likeness (QED) is 0.683. The molecule has 2 aromatic rings. The molecule has 0 aliphatic carbocycles. The van der Waals surface area contributed by atoms with Gasteiger partial charge in [-0.05, 0) is 25.0 Å². The number of benzene rings is 2. The van der Waals surface area contributed by atoms with Crippen LogP contribution in [-0.4, -0.2) is 12.6 Å². The van der Waals surface area contributed by atoms with Gasteiger partial charge in [0, 0.05) is 0 Å². The Hall–Kier alpha value is -1.68. The van der Waals surface area contributed by atoms with Crippen molar-refractivity contribution in [3.8, 4) is 0 Å². The van der Waals surface area contributed by atoms with Gasteiger partial charge in [-0.2, -0.15) is 0 Å². The van der Waals surface area contributed by atoms with Crippen molar-refractivity contribution in [2.45, 2.75) is 39.6 Å². The molecule has 0 spiro atoms. The molecule has 112 valence electrons. The molecule has 0 heterocycles. The van der Waals surface area contributed by atoms with Gasteiger partial charge in [0.15, 0.2) is 12.6 Å². The molecule has 0 N–H and O–H groups in total. The molecule has 0 aliphatic heterocycles. The van der Waals surface area contributed by atoms with E-state index in [0.717, 1.165) is 11.1 Å². The van der Waals surface area contributed by atoms with E-state index >= 15 is 0 Å². The number of hydrogen-bond donors (Lipinski definition) is 0. The van der Waals surface area contributed by atoms with E-state index in [2.05, 4.69) is 0 Å². The van der Waals surface area contributed by atoms with Gasteiger partial charge in [-0.3, -0.25) is 0 Å². The predicted octanol–water partition coefficient (Wildman–Crippen LogP) is 4.13. The van der Waals surface area contributed by atoms with Gasteiger partial charge >= 0.3 is 0 Å². The third-order valence-corrected chi connectivity index (χ3v) is 3.04. The number of hydrogen-bond acceptors (Lipinski definition) is 3. The maximum absolute atomic E-state index is 5.65. The van der Waals surface area contributed by atoms with Gasteiger partial charge in [0.2, 0.25) is 0 Å². The van der Waals surface area contributed by atoms with Crippen LogP contribution in [0.5, 0.6) is 0 Å². The van der Waals surface area contributed by atoms with Gasteiger partial charge in [0.05, 0.1) is 13.2 Å². The molecule has 0 amide bonds. The second kappa shape index (κ2) is 8.57. The van der Waals surface area contributed by atoms with Crippen molar-refractivity contribution in [1.82, 2.24) is 0 Å². The summed E-state index contributed by atoms with van der Waals surface area (Å²) in [5, 5.41) is 0. The normalized spacial score (nSPS) is 13.8. The van der Waals surface area contributed by atoms with E-state index < -0.39 is 0 Å². The van der Waals surface area contributed by atoms with Crippen LogP contribution in [0.1, 0.15) is 25.0 Å². The first-order chi connectivity index (χ1) is 10.2. The van der Waals surface area contributed by atoms with Gasteiger partial charge in [-0.25, -0.2) is 0 Å². The van der Waals surface area contributed by atoms with E-state index in [1.807, 2.05) is 74.5 Å². The second-order valence-corrected chi connectivity index (χ2v) is 4.86. The molecule has 2 rings (SSSR count). The van der Waals surface area contributed by atoms with Crippen molar-refractivity contribution in [2.75, 3.05) is 0 Å². The van der Waals surface area contributed by atoms with Crippen LogP contribution in [0.15, 0.2) is 60.7 Å². The lowest BCUT2D eigenvalue weighted by Crippen LogP contribution is -2.22. The van der Waals surface area contributed by atoms with Crippen molar-refractivity contribution in [1.29, 1.82) is 0 Å². The Morgan fingerprint density at radius 3 is 1.43 bits per heavy atom. The van der Waals surface area contributed by atoms with E-state index in [1.165, 1.54) is 0 Å². The third kappa shape index (κ3) is 6.08. The van der Waals surface area contributed by atoms with E-state index in [4.69, 9.17) is 14.2 Å². The summed E-state index contributed by atoms with van der Waals surface area (Å²) < 4.78 is 16.9. The molecule has 2 aromatic carbocycles. The van der Waals surface area contributed by atoms with Crippen LogP contribution in [-0.2, 0) is 27.4 Å². The summed E-state index contributed by atoms with van der Waals surface area (Å²) >= 11 is 0. The first kappa shape index (κ1) is 15.7. The largest absolute Gasteiger partial charge is 0.348 e. The molecule has 0 saturated carbocycles. The average Bonchev–Trinajstić information content (AvgIpc) is 2.53. The maximum Gasteiger partial charge on any atom is 0.158 e. The predicted molar refractivity (Wildman–Crippen MR) is 82.5 cm³/mol. The van der Waals surface area contributed by atoms with E-state index in [-0.39, 0.29) is 12.6 Å². The van der Waals surface area contributed by atoms with Crippen LogP contribution < -0.4 is 0 Å². The lowest BCUT2D eigenvalue weighted by Gasteiger charge is -2.20.